The highest BCUT2D eigenvalue weighted by Gasteiger charge is 2.52. The van der Waals surface area contributed by atoms with Crippen molar-refractivity contribution in [1.82, 2.24) is 0 Å². The summed E-state index contributed by atoms with van der Waals surface area (Å²) >= 11 is 1.89. The van der Waals surface area contributed by atoms with Gasteiger partial charge in [0.15, 0.2) is 0 Å². The van der Waals surface area contributed by atoms with Crippen LogP contribution in [0.4, 0.5) is 0 Å². The standard InChI is InChI=1S/C55H44S/c1-53(2,3)37-24-26-40-41-27-25-38(54(4,5)6)32-48(41)55(47(40)31-37)45-20-8-7-17-43(45)52-39(18-12-21-46(52)55)36-16-9-15-34(29-36)35-23-28-49-44(30-35)42-19-10-13-33-14-11-22-50(56-49)51(33)42/h7-32H,1-6H3. The molecular weight excluding hydrogens is 693 g/mol. The van der Waals surface area contributed by atoms with Crippen LogP contribution in [0.3, 0.4) is 0 Å². The van der Waals surface area contributed by atoms with Crippen LogP contribution >= 0.6 is 11.8 Å². The molecule has 3 aliphatic rings. The van der Waals surface area contributed by atoms with Crippen molar-refractivity contribution in [3.63, 3.8) is 0 Å². The van der Waals surface area contributed by atoms with Gasteiger partial charge in [0.1, 0.15) is 0 Å². The average Bonchev–Trinajstić information content (AvgIpc) is 3.67. The van der Waals surface area contributed by atoms with E-state index in [1.807, 2.05) is 11.8 Å². The number of hydrogen-bond donors (Lipinski definition) is 0. The number of rotatable bonds is 2. The van der Waals surface area contributed by atoms with Crippen LogP contribution in [-0.4, -0.2) is 0 Å². The van der Waals surface area contributed by atoms with E-state index in [0.717, 1.165) is 0 Å². The van der Waals surface area contributed by atoms with Crippen LogP contribution in [0.2, 0.25) is 0 Å². The van der Waals surface area contributed by atoms with Crippen molar-refractivity contribution in [3.05, 3.63) is 191 Å². The minimum absolute atomic E-state index is 0.0239. The highest BCUT2D eigenvalue weighted by molar-refractivity contribution is 7.99. The van der Waals surface area contributed by atoms with Crippen molar-refractivity contribution in [2.75, 3.05) is 0 Å². The van der Waals surface area contributed by atoms with Gasteiger partial charge in [-0.3, -0.25) is 0 Å². The van der Waals surface area contributed by atoms with Crippen LogP contribution in [0.1, 0.15) is 74.9 Å². The molecule has 1 aliphatic heterocycles. The second-order valence-electron chi connectivity index (χ2n) is 18.1. The molecule has 2 aliphatic carbocycles. The van der Waals surface area contributed by atoms with Gasteiger partial charge in [0.2, 0.25) is 0 Å². The molecule has 0 saturated carbocycles. The Hall–Kier alpha value is -5.63. The molecule has 1 spiro atoms. The molecule has 0 unspecified atom stereocenters. The molecule has 0 N–H and O–H groups in total. The molecule has 0 nitrogen and oxygen atoms in total. The SMILES string of the molecule is CC(C)(C)c1ccc2c(c1)C1(c3cc(C(C)(C)C)ccc3-2)c2ccccc2-c2c(-c3cccc(-c4ccc5c(c4)-c4cccc6cccc(c46)S5)c3)cccc21. The van der Waals surface area contributed by atoms with Gasteiger partial charge in [-0.1, -0.05) is 187 Å². The molecule has 0 aromatic heterocycles. The van der Waals surface area contributed by atoms with E-state index in [1.54, 1.807) is 0 Å². The first-order valence-electron chi connectivity index (χ1n) is 20.0. The highest BCUT2D eigenvalue weighted by Crippen LogP contribution is 2.64. The largest absolute Gasteiger partial charge is 0.0888 e. The Labute approximate surface area is 335 Å². The van der Waals surface area contributed by atoms with E-state index in [-0.39, 0.29) is 10.8 Å². The van der Waals surface area contributed by atoms with Crippen molar-refractivity contribution >= 4 is 22.5 Å². The lowest BCUT2D eigenvalue weighted by Crippen LogP contribution is -2.27. The predicted octanol–water partition coefficient (Wildman–Crippen LogP) is 15.2. The van der Waals surface area contributed by atoms with Crippen LogP contribution in [0.25, 0.3) is 66.4 Å². The molecule has 1 heteroatoms. The Morgan fingerprint density at radius 1 is 0.375 bits per heavy atom. The molecule has 270 valence electrons. The fourth-order valence-electron chi connectivity index (χ4n) is 10.0. The van der Waals surface area contributed by atoms with Crippen LogP contribution in [0.5, 0.6) is 0 Å². The molecule has 0 saturated heterocycles. The van der Waals surface area contributed by atoms with Crippen molar-refractivity contribution in [2.45, 2.75) is 67.6 Å². The number of benzene rings is 8. The third kappa shape index (κ3) is 4.68. The first-order valence-corrected chi connectivity index (χ1v) is 20.8. The van der Waals surface area contributed by atoms with Crippen LogP contribution in [0.15, 0.2) is 168 Å². The minimum atomic E-state index is -0.416. The molecule has 0 fully saturated rings. The lowest BCUT2D eigenvalue weighted by molar-refractivity contribution is 0.586. The molecule has 11 rings (SSSR count). The molecule has 1 heterocycles. The first kappa shape index (κ1) is 33.7. The zero-order valence-corrected chi connectivity index (χ0v) is 33.7. The van der Waals surface area contributed by atoms with E-state index in [2.05, 4.69) is 199 Å². The summed E-state index contributed by atoms with van der Waals surface area (Å²) in [5.74, 6) is 0. The third-order valence-electron chi connectivity index (χ3n) is 12.8. The Morgan fingerprint density at radius 3 is 1.70 bits per heavy atom. The highest BCUT2D eigenvalue weighted by atomic mass is 32.2. The lowest BCUT2D eigenvalue weighted by Gasteiger charge is -2.33. The molecule has 8 aromatic rings. The third-order valence-corrected chi connectivity index (χ3v) is 13.9. The van der Waals surface area contributed by atoms with Gasteiger partial charge in [-0.05, 0) is 129 Å². The van der Waals surface area contributed by atoms with Gasteiger partial charge < -0.3 is 0 Å². The van der Waals surface area contributed by atoms with E-state index in [0.29, 0.717) is 0 Å². The summed E-state index contributed by atoms with van der Waals surface area (Å²) in [6, 6.07) is 60.6. The van der Waals surface area contributed by atoms with E-state index >= 15 is 0 Å². The number of fused-ring (bicyclic) bond motifs is 12. The van der Waals surface area contributed by atoms with Crippen molar-refractivity contribution in [3.8, 4) is 55.6 Å². The maximum absolute atomic E-state index is 2.54. The summed E-state index contributed by atoms with van der Waals surface area (Å²) in [4.78, 5) is 2.66. The quantitative estimate of drug-likeness (QED) is 0.170. The van der Waals surface area contributed by atoms with Gasteiger partial charge in [0, 0.05) is 15.2 Å². The topological polar surface area (TPSA) is 0 Å². The lowest BCUT2D eigenvalue weighted by atomic mass is 9.68. The fraction of sp³-hybridized carbons (Fsp3) is 0.164. The molecule has 0 atom stereocenters. The monoisotopic (exact) mass is 736 g/mol. The smallest absolute Gasteiger partial charge is 0.0725 e. The van der Waals surface area contributed by atoms with E-state index in [9.17, 15) is 0 Å². The Balaban J connectivity index is 1.13. The van der Waals surface area contributed by atoms with Crippen LogP contribution in [-0.2, 0) is 16.2 Å². The normalized spacial score (nSPS) is 14.3. The van der Waals surface area contributed by atoms with Gasteiger partial charge in [-0.25, -0.2) is 0 Å². The summed E-state index contributed by atoms with van der Waals surface area (Å²) in [5.41, 5.74) is 21.0. The maximum Gasteiger partial charge on any atom is 0.0725 e. The van der Waals surface area contributed by atoms with Gasteiger partial charge in [0.05, 0.1) is 5.41 Å². The summed E-state index contributed by atoms with van der Waals surface area (Å²) in [7, 11) is 0. The van der Waals surface area contributed by atoms with Gasteiger partial charge in [-0.2, -0.15) is 0 Å². The molecule has 8 aromatic carbocycles. The summed E-state index contributed by atoms with van der Waals surface area (Å²) in [6.45, 7) is 14.0. The van der Waals surface area contributed by atoms with Crippen LogP contribution in [0, 0.1) is 0 Å². The minimum Gasteiger partial charge on any atom is -0.0888 e. The molecule has 0 bridgehead atoms. The first-order chi connectivity index (χ1) is 27.0. The summed E-state index contributed by atoms with van der Waals surface area (Å²) in [5, 5.41) is 2.67. The Kier molecular flexibility index (Phi) is 7.04. The number of hydrogen-bond acceptors (Lipinski definition) is 1. The Morgan fingerprint density at radius 2 is 0.964 bits per heavy atom. The second-order valence-corrected chi connectivity index (χ2v) is 19.2. The molecule has 0 radical (unpaired) electrons. The zero-order chi connectivity index (χ0) is 38.1. The van der Waals surface area contributed by atoms with Crippen molar-refractivity contribution in [1.29, 1.82) is 0 Å². The second kappa shape index (κ2) is 11.7. The van der Waals surface area contributed by atoms with Gasteiger partial charge in [0.25, 0.3) is 0 Å². The average molecular weight is 737 g/mol. The molecule has 0 amide bonds. The Bertz CT molecular complexity index is 2890. The summed E-state index contributed by atoms with van der Waals surface area (Å²) < 4.78 is 0. The van der Waals surface area contributed by atoms with E-state index < -0.39 is 5.41 Å². The van der Waals surface area contributed by atoms with Gasteiger partial charge >= 0.3 is 0 Å². The zero-order valence-electron chi connectivity index (χ0n) is 32.9. The van der Waals surface area contributed by atoms with Crippen molar-refractivity contribution < 1.29 is 0 Å². The molecule has 56 heavy (non-hydrogen) atoms. The van der Waals surface area contributed by atoms with Crippen LogP contribution < -0.4 is 0 Å². The van der Waals surface area contributed by atoms with Gasteiger partial charge in [-0.15, -0.1) is 0 Å². The molecular formula is C55H44S. The maximum atomic E-state index is 2.54. The van der Waals surface area contributed by atoms with E-state index in [1.165, 1.54) is 110 Å². The fourth-order valence-corrected chi connectivity index (χ4v) is 11.1. The van der Waals surface area contributed by atoms with Crippen molar-refractivity contribution in [2.24, 2.45) is 0 Å². The predicted molar refractivity (Wildman–Crippen MR) is 238 cm³/mol. The summed E-state index contributed by atoms with van der Waals surface area (Å²) in [6.07, 6.45) is 0. The van der Waals surface area contributed by atoms with E-state index in [4.69, 9.17) is 0 Å².